The van der Waals surface area contributed by atoms with Gasteiger partial charge in [-0.2, -0.15) is 14.0 Å². The van der Waals surface area contributed by atoms with Crippen LogP contribution in [0.4, 0.5) is 8.78 Å². The summed E-state index contributed by atoms with van der Waals surface area (Å²) in [7, 11) is 2.48. The predicted octanol–water partition coefficient (Wildman–Crippen LogP) is 1.88. The van der Waals surface area contributed by atoms with E-state index < -0.39 is 12.6 Å². The standard InChI is InChI=1S/C12H11F2NO4/c1-17-9-4-3-7(6-15)11(19-12(13)14)8(9)5-10(16)18-2/h3-4,12H,5H2,1-2H3. The molecule has 0 unspecified atom stereocenters. The molecule has 19 heavy (non-hydrogen) atoms. The molecule has 102 valence electrons. The number of nitriles is 1. The lowest BCUT2D eigenvalue weighted by Crippen LogP contribution is -2.11. The topological polar surface area (TPSA) is 68.5 Å². The minimum absolute atomic E-state index is 0.0497. The summed E-state index contributed by atoms with van der Waals surface area (Å²) in [5, 5.41) is 8.88. The summed E-state index contributed by atoms with van der Waals surface area (Å²) in [6.45, 7) is -3.12. The molecule has 0 bridgehead atoms. The van der Waals surface area contributed by atoms with E-state index in [1.165, 1.54) is 19.2 Å². The number of methoxy groups -OCH3 is 2. The second kappa shape index (κ2) is 6.54. The van der Waals surface area contributed by atoms with Crippen molar-refractivity contribution in [3.63, 3.8) is 0 Å². The lowest BCUT2D eigenvalue weighted by atomic mass is 10.1. The fraction of sp³-hybridized carbons (Fsp3) is 0.333. The number of benzene rings is 1. The predicted molar refractivity (Wildman–Crippen MR) is 60.1 cm³/mol. The van der Waals surface area contributed by atoms with Crippen LogP contribution >= 0.6 is 0 Å². The van der Waals surface area contributed by atoms with E-state index in [9.17, 15) is 13.6 Å². The number of halogens is 2. The Kier molecular flexibility index (Phi) is 5.06. The zero-order valence-electron chi connectivity index (χ0n) is 10.3. The van der Waals surface area contributed by atoms with Crippen LogP contribution in [0.25, 0.3) is 0 Å². The Morgan fingerprint density at radius 2 is 2.11 bits per heavy atom. The summed E-state index contributed by atoms with van der Waals surface area (Å²) < 4.78 is 38.5. The Labute approximate surface area is 108 Å². The van der Waals surface area contributed by atoms with Gasteiger partial charge in [0.15, 0.2) is 5.75 Å². The molecule has 0 aliphatic carbocycles. The van der Waals surface area contributed by atoms with Gasteiger partial charge in [0, 0.05) is 5.56 Å². The van der Waals surface area contributed by atoms with E-state index in [-0.39, 0.29) is 29.0 Å². The van der Waals surface area contributed by atoms with Crippen molar-refractivity contribution in [1.29, 1.82) is 5.26 Å². The van der Waals surface area contributed by atoms with Crippen molar-refractivity contribution in [2.45, 2.75) is 13.0 Å². The number of carbonyl (C=O) groups excluding carboxylic acids is 1. The monoisotopic (exact) mass is 271 g/mol. The second-order valence-electron chi connectivity index (χ2n) is 3.37. The van der Waals surface area contributed by atoms with Gasteiger partial charge in [-0.25, -0.2) is 0 Å². The molecular weight excluding hydrogens is 260 g/mol. The molecule has 0 aromatic heterocycles. The van der Waals surface area contributed by atoms with Crippen LogP contribution in [0, 0.1) is 11.3 Å². The van der Waals surface area contributed by atoms with Gasteiger partial charge in [-0.05, 0) is 12.1 Å². The fourth-order valence-electron chi connectivity index (χ4n) is 1.50. The van der Waals surface area contributed by atoms with Crippen LogP contribution in [0.15, 0.2) is 12.1 Å². The first-order valence-corrected chi connectivity index (χ1v) is 5.15. The lowest BCUT2D eigenvalue weighted by molar-refractivity contribution is -0.139. The van der Waals surface area contributed by atoms with Crippen LogP contribution in [0.2, 0.25) is 0 Å². The molecule has 0 N–H and O–H groups in total. The average Bonchev–Trinajstić information content (AvgIpc) is 2.39. The van der Waals surface area contributed by atoms with Gasteiger partial charge in [-0.15, -0.1) is 0 Å². The first-order chi connectivity index (χ1) is 9.03. The molecule has 1 aromatic rings. The van der Waals surface area contributed by atoms with Gasteiger partial charge in [0.05, 0.1) is 26.2 Å². The summed E-state index contributed by atoms with van der Waals surface area (Å²) in [6.07, 6.45) is -0.336. The van der Waals surface area contributed by atoms with Crippen molar-refractivity contribution in [1.82, 2.24) is 0 Å². The molecule has 0 amide bonds. The minimum atomic E-state index is -3.12. The van der Waals surface area contributed by atoms with Crippen LogP contribution in [-0.4, -0.2) is 26.8 Å². The summed E-state index contributed by atoms with van der Waals surface area (Å²) >= 11 is 0. The molecule has 0 atom stereocenters. The quantitative estimate of drug-likeness (QED) is 0.765. The van der Waals surface area contributed by atoms with Crippen molar-refractivity contribution in [2.75, 3.05) is 14.2 Å². The van der Waals surface area contributed by atoms with Gasteiger partial charge in [-0.3, -0.25) is 4.79 Å². The first kappa shape index (κ1) is 14.7. The molecule has 1 rings (SSSR count). The smallest absolute Gasteiger partial charge is 0.387 e. The number of nitrogens with zero attached hydrogens (tertiary/aromatic N) is 1. The first-order valence-electron chi connectivity index (χ1n) is 5.15. The van der Waals surface area contributed by atoms with Gasteiger partial charge in [0.25, 0.3) is 0 Å². The summed E-state index contributed by atoms with van der Waals surface area (Å²) in [4.78, 5) is 11.3. The van der Waals surface area contributed by atoms with E-state index in [4.69, 9.17) is 10.00 Å². The van der Waals surface area contributed by atoms with Gasteiger partial charge in [0.2, 0.25) is 0 Å². The van der Waals surface area contributed by atoms with Crippen LogP contribution in [-0.2, 0) is 16.0 Å². The number of carbonyl (C=O) groups is 1. The Morgan fingerprint density at radius 3 is 2.58 bits per heavy atom. The highest BCUT2D eigenvalue weighted by molar-refractivity contribution is 5.75. The SMILES string of the molecule is COC(=O)Cc1c(OC)ccc(C#N)c1OC(F)F. The molecule has 1 aromatic carbocycles. The van der Waals surface area contributed by atoms with Crippen molar-refractivity contribution in [3.05, 3.63) is 23.3 Å². The maximum absolute atomic E-state index is 12.4. The maximum atomic E-state index is 12.4. The van der Waals surface area contributed by atoms with Crippen molar-refractivity contribution < 1.29 is 27.8 Å². The molecule has 0 spiro atoms. The van der Waals surface area contributed by atoms with E-state index in [1.54, 1.807) is 6.07 Å². The molecule has 0 saturated carbocycles. The van der Waals surface area contributed by atoms with Gasteiger partial charge in [-0.1, -0.05) is 0 Å². The van der Waals surface area contributed by atoms with Crippen molar-refractivity contribution >= 4 is 5.97 Å². The average molecular weight is 271 g/mol. The number of alkyl halides is 2. The van der Waals surface area contributed by atoms with Crippen molar-refractivity contribution in [2.24, 2.45) is 0 Å². The Bertz CT molecular complexity index is 511. The molecule has 0 heterocycles. The van der Waals surface area contributed by atoms with Crippen LogP contribution in [0.5, 0.6) is 11.5 Å². The van der Waals surface area contributed by atoms with E-state index in [2.05, 4.69) is 9.47 Å². The number of hydrogen-bond acceptors (Lipinski definition) is 5. The van der Waals surface area contributed by atoms with E-state index in [0.29, 0.717) is 0 Å². The van der Waals surface area contributed by atoms with Gasteiger partial charge >= 0.3 is 12.6 Å². The zero-order valence-corrected chi connectivity index (χ0v) is 10.3. The molecule has 0 aliphatic heterocycles. The third-order valence-electron chi connectivity index (χ3n) is 2.31. The molecule has 0 saturated heterocycles. The number of esters is 1. The highest BCUT2D eigenvalue weighted by Gasteiger charge is 2.21. The Balaban J connectivity index is 3.34. The van der Waals surface area contributed by atoms with Crippen LogP contribution < -0.4 is 9.47 Å². The third-order valence-corrected chi connectivity index (χ3v) is 2.31. The third kappa shape index (κ3) is 3.55. The number of hydrogen-bond donors (Lipinski definition) is 0. The summed E-state index contributed by atoms with van der Waals surface area (Å²) in [6, 6.07) is 4.39. The molecule has 0 aliphatic rings. The number of rotatable bonds is 5. The van der Waals surface area contributed by atoms with E-state index >= 15 is 0 Å². The molecular formula is C12H11F2NO4. The van der Waals surface area contributed by atoms with E-state index in [1.807, 2.05) is 0 Å². The second-order valence-corrected chi connectivity index (χ2v) is 3.37. The fourth-order valence-corrected chi connectivity index (χ4v) is 1.50. The van der Waals surface area contributed by atoms with Crippen LogP contribution in [0.1, 0.15) is 11.1 Å². The highest BCUT2D eigenvalue weighted by Crippen LogP contribution is 2.33. The normalized spacial score (nSPS) is 9.89. The van der Waals surface area contributed by atoms with Gasteiger partial charge in [0.1, 0.15) is 11.8 Å². The molecule has 5 nitrogen and oxygen atoms in total. The van der Waals surface area contributed by atoms with Crippen molar-refractivity contribution in [3.8, 4) is 17.6 Å². The lowest BCUT2D eigenvalue weighted by Gasteiger charge is -2.15. The van der Waals surface area contributed by atoms with Crippen LogP contribution in [0.3, 0.4) is 0 Å². The summed E-state index contributed by atoms with van der Waals surface area (Å²) in [5.74, 6) is -0.866. The highest BCUT2D eigenvalue weighted by atomic mass is 19.3. The minimum Gasteiger partial charge on any atom is -0.496 e. The largest absolute Gasteiger partial charge is 0.496 e. The molecule has 7 heteroatoms. The molecule has 0 fully saturated rings. The van der Waals surface area contributed by atoms with E-state index in [0.717, 1.165) is 7.11 Å². The Hall–Kier alpha value is -2.36. The maximum Gasteiger partial charge on any atom is 0.387 e. The number of ether oxygens (including phenoxy) is 3. The van der Waals surface area contributed by atoms with Gasteiger partial charge < -0.3 is 14.2 Å². The molecule has 0 radical (unpaired) electrons. The Morgan fingerprint density at radius 1 is 1.42 bits per heavy atom. The summed E-state index contributed by atoms with van der Waals surface area (Å²) in [5.41, 5.74) is -0.0614. The zero-order chi connectivity index (χ0) is 14.4.